The average Bonchev–Trinajstić information content (AvgIpc) is 3.21. The largest absolute Gasteiger partial charge is 0.321 e. The molecular formula is C22H16N4OS. The fraction of sp³-hybridized carbons (Fsp3) is 0.0455. The van der Waals surface area contributed by atoms with Gasteiger partial charge in [0.2, 0.25) is 0 Å². The number of nitrogens with one attached hydrogen (secondary N) is 1. The molecule has 1 aliphatic rings. The van der Waals surface area contributed by atoms with Crippen molar-refractivity contribution in [1.29, 1.82) is 0 Å². The fourth-order valence-corrected chi connectivity index (χ4v) is 4.27. The van der Waals surface area contributed by atoms with E-state index in [1.54, 1.807) is 29.0 Å². The Morgan fingerprint density at radius 1 is 0.857 bits per heavy atom. The monoisotopic (exact) mass is 384 g/mol. The lowest BCUT2D eigenvalue weighted by Gasteiger charge is -2.10. The Balaban J connectivity index is 1.39. The Bertz CT molecular complexity index is 1150. The smallest absolute Gasteiger partial charge is 0.256 e. The molecular weight excluding hydrogens is 368 g/mol. The number of anilines is 1. The quantitative estimate of drug-likeness (QED) is 0.562. The molecule has 3 aromatic carbocycles. The third-order valence-electron chi connectivity index (χ3n) is 4.64. The summed E-state index contributed by atoms with van der Waals surface area (Å²) >= 11 is 1.62. The van der Waals surface area contributed by atoms with E-state index in [2.05, 4.69) is 45.8 Å². The van der Waals surface area contributed by atoms with Crippen LogP contribution in [0.15, 0.2) is 88.9 Å². The van der Waals surface area contributed by atoms with E-state index in [0.29, 0.717) is 5.56 Å². The van der Waals surface area contributed by atoms with Crippen molar-refractivity contribution in [3.05, 3.63) is 95.8 Å². The van der Waals surface area contributed by atoms with E-state index in [-0.39, 0.29) is 5.91 Å². The van der Waals surface area contributed by atoms with Crippen LogP contribution in [0, 0.1) is 0 Å². The molecule has 0 atom stereocenters. The van der Waals surface area contributed by atoms with Crippen LogP contribution in [0.1, 0.15) is 21.5 Å². The van der Waals surface area contributed by atoms with Gasteiger partial charge in [-0.25, -0.2) is 0 Å². The highest BCUT2D eigenvalue weighted by Gasteiger charge is 2.19. The van der Waals surface area contributed by atoms with Gasteiger partial charge in [0.25, 0.3) is 5.91 Å². The molecule has 0 saturated heterocycles. The lowest BCUT2D eigenvalue weighted by atomic mass is 10.0. The third kappa shape index (κ3) is 3.18. The number of fused-ring (bicyclic) bond motifs is 2. The molecule has 2 heterocycles. The molecule has 0 unspecified atom stereocenters. The maximum Gasteiger partial charge on any atom is 0.256 e. The summed E-state index contributed by atoms with van der Waals surface area (Å²) in [6, 6.07) is 22.1. The predicted molar refractivity (Wildman–Crippen MR) is 109 cm³/mol. The van der Waals surface area contributed by atoms with Crippen molar-refractivity contribution in [2.75, 3.05) is 5.32 Å². The molecule has 1 aromatic heterocycles. The van der Waals surface area contributed by atoms with Gasteiger partial charge in [0.05, 0.1) is 29.3 Å². The van der Waals surface area contributed by atoms with Crippen molar-refractivity contribution in [1.82, 2.24) is 15.0 Å². The zero-order valence-corrected chi connectivity index (χ0v) is 15.7. The van der Waals surface area contributed by atoms with Crippen molar-refractivity contribution in [3.8, 4) is 5.69 Å². The normalized spacial score (nSPS) is 12.6. The van der Waals surface area contributed by atoms with E-state index in [4.69, 9.17) is 0 Å². The van der Waals surface area contributed by atoms with Crippen LogP contribution in [-0.2, 0) is 6.42 Å². The van der Waals surface area contributed by atoms with E-state index in [1.165, 1.54) is 5.56 Å². The highest BCUT2D eigenvalue weighted by atomic mass is 32.2. The van der Waals surface area contributed by atoms with E-state index in [9.17, 15) is 4.79 Å². The standard InChI is InChI=1S/C22H16N4OS/c27-22-18-3-1-2-4-20(18)28-21-10-7-16(14-19(21)25-22)13-15-5-8-17(9-6-15)26-23-11-12-24-26/h1-12,14H,13H2,(H,25,27). The molecule has 0 fully saturated rings. The molecule has 5 nitrogen and oxygen atoms in total. The van der Waals surface area contributed by atoms with Crippen LogP contribution in [0.3, 0.4) is 0 Å². The first-order valence-corrected chi connectivity index (χ1v) is 9.75. The van der Waals surface area contributed by atoms with Crippen molar-refractivity contribution in [3.63, 3.8) is 0 Å². The maximum absolute atomic E-state index is 12.5. The van der Waals surface area contributed by atoms with Crippen molar-refractivity contribution in [2.24, 2.45) is 0 Å². The third-order valence-corrected chi connectivity index (χ3v) is 5.79. The number of amides is 1. The van der Waals surface area contributed by atoms with E-state index >= 15 is 0 Å². The SMILES string of the molecule is O=C1Nc2cc(Cc3ccc(-n4nccn4)cc3)ccc2Sc2ccccc21. The number of aromatic nitrogens is 3. The summed E-state index contributed by atoms with van der Waals surface area (Å²) in [6.45, 7) is 0. The summed E-state index contributed by atoms with van der Waals surface area (Å²) in [5.41, 5.74) is 4.84. The van der Waals surface area contributed by atoms with Crippen molar-refractivity contribution >= 4 is 23.4 Å². The van der Waals surface area contributed by atoms with E-state index in [1.807, 2.05) is 36.4 Å². The number of rotatable bonds is 3. The summed E-state index contributed by atoms with van der Waals surface area (Å²) < 4.78 is 0. The minimum absolute atomic E-state index is 0.0601. The average molecular weight is 384 g/mol. The molecule has 1 N–H and O–H groups in total. The first-order chi connectivity index (χ1) is 13.8. The highest BCUT2D eigenvalue weighted by Crippen LogP contribution is 2.39. The van der Waals surface area contributed by atoms with Crippen LogP contribution < -0.4 is 5.32 Å². The van der Waals surface area contributed by atoms with Gasteiger partial charge in [-0.2, -0.15) is 15.0 Å². The van der Waals surface area contributed by atoms with E-state index in [0.717, 1.165) is 33.2 Å². The second-order valence-corrected chi connectivity index (χ2v) is 7.63. The number of carbonyl (C=O) groups excluding carboxylic acids is 1. The summed E-state index contributed by atoms with van der Waals surface area (Å²) in [4.78, 5) is 16.2. The van der Waals surface area contributed by atoms with Gasteiger partial charge in [-0.3, -0.25) is 4.79 Å². The lowest BCUT2D eigenvalue weighted by Crippen LogP contribution is -2.11. The van der Waals surface area contributed by atoms with Crippen LogP contribution in [0.2, 0.25) is 0 Å². The van der Waals surface area contributed by atoms with Crippen molar-refractivity contribution < 1.29 is 4.79 Å². The minimum Gasteiger partial charge on any atom is -0.321 e. The van der Waals surface area contributed by atoms with Crippen LogP contribution in [0.4, 0.5) is 5.69 Å². The zero-order chi connectivity index (χ0) is 18.9. The Morgan fingerprint density at radius 3 is 2.43 bits per heavy atom. The van der Waals surface area contributed by atoms with Gasteiger partial charge in [-0.05, 0) is 53.9 Å². The molecule has 5 rings (SSSR count). The van der Waals surface area contributed by atoms with Crippen LogP contribution >= 0.6 is 11.8 Å². The Morgan fingerprint density at radius 2 is 1.61 bits per heavy atom. The zero-order valence-electron chi connectivity index (χ0n) is 14.9. The number of hydrogen-bond acceptors (Lipinski definition) is 4. The molecule has 4 aromatic rings. The summed E-state index contributed by atoms with van der Waals surface area (Å²) in [5, 5.41) is 11.3. The number of hydrogen-bond donors (Lipinski definition) is 1. The van der Waals surface area contributed by atoms with E-state index < -0.39 is 0 Å². The molecule has 1 aliphatic heterocycles. The number of nitrogens with zero attached hydrogens (tertiary/aromatic N) is 3. The molecule has 136 valence electrons. The molecule has 0 saturated carbocycles. The van der Waals surface area contributed by atoms with Gasteiger partial charge >= 0.3 is 0 Å². The molecule has 0 spiro atoms. The van der Waals surface area contributed by atoms with Gasteiger partial charge in [0.1, 0.15) is 0 Å². The second kappa shape index (κ2) is 6.98. The summed E-state index contributed by atoms with van der Waals surface area (Å²) in [6.07, 6.45) is 4.11. The second-order valence-electron chi connectivity index (χ2n) is 6.54. The summed E-state index contributed by atoms with van der Waals surface area (Å²) in [7, 11) is 0. The first kappa shape index (κ1) is 16.8. The topological polar surface area (TPSA) is 59.8 Å². The number of benzene rings is 3. The molecule has 0 radical (unpaired) electrons. The number of carbonyl (C=O) groups is 1. The van der Waals surface area contributed by atoms with Crippen molar-refractivity contribution in [2.45, 2.75) is 16.2 Å². The van der Waals surface area contributed by atoms with Gasteiger partial charge < -0.3 is 5.32 Å². The van der Waals surface area contributed by atoms with Crippen LogP contribution in [-0.4, -0.2) is 20.9 Å². The van der Waals surface area contributed by atoms with Gasteiger partial charge in [-0.1, -0.05) is 42.1 Å². The van der Waals surface area contributed by atoms with Gasteiger partial charge in [0.15, 0.2) is 0 Å². The minimum atomic E-state index is -0.0601. The predicted octanol–water partition coefficient (Wildman–Crippen LogP) is 4.58. The first-order valence-electron chi connectivity index (χ1n) is 8.93. The summed E-state index contributed by atoms with van der Waals surface area (Å²) in [5.74, 6) is -0.0601. The molecule has 1 amide bonds. The lowest BCUT2D eigenvalue weighted by molar-refractivity contribution is 0.102. The highest BCUT2D eigenvalue weighted by molar-refractivity contribution is 7.99. The Kier molecular flexibility index (Phi) is 4.18. The van der Waals surface area contributed by atoms with Crippen LogP contribution in [0.25, 0.3) is 5.69 Å². The Hall–Kier alpha value is -3.38. The Labute approximate surface area is 166 Å². The van der Waals surface area contributed by atoms with Gasteiger partial charge in [0, 0.05) is 9.79 Å². The molecule has 6 heteroatoms. The molecule has 28 heavy (non-hydrogen) atoms. The molecule has 0 bridgehead atoms. The van der Waals surface area contributed by atoms with Crippen LogP contribution in [0.5, 0.6) is 0 Å². The fourth-order valence-electron chi connectivity index (χ4n) is 3.26. The molecule has 0 aliphatic carbocycles. The maximum atomic E-state index is 12.5. The van der Waals surface area contributed by atoms with Gasteiger partial charge in [-0.15, -0.1) is 0 Å².